The summed E-state index contributed by atoms with van der Waals surface area (Å²) in [5, 5.41) is 2.99. The van der Waals surface area contributed by atoms with Gasteiger partial charge < -0.3 is 20.5 Å². The number of carbonyl (C=O) groups excluding carboxylic acids is 1. The van der Waals surface area contributed by atoms with Crippen LogP contribution in [0.15, 0.2) is 18.2 Å². The summed E-state index contributed by atoms with van der Waals surface area (Å²) in [7, 11) is 1.54. The second-order valence-electron chi connectivity index (χ2n) is 5.56. The van der Waals surface area contributed by atoms with Crippen LogP contribution in [0.4, 0.5) is 5.69 Å². The van der Waals surface area contributed by atoms with Crippen LogP contribution in [0, 0.1) is 5.41 Å². The van der Waals surface area contributed by atoms with Gasteiger partial charge in [-0.1, -0.05) is 6.92 Å². The van der Waals surface area contributed by atoms with E-state index in [0.29, 0.717) is 23.5 Å². The summed E-state index contributed by atoms with van der Waals surface area (Å²) in [6.07, 6.45) is 1.94. The molecule has 1 aromatic carbocycles. The lowest BCUT2D eigenvalue weighted by molar-refractivity contribution is 0.0238. The molecule has 0 radical (unpaired) electrons. The van der Waals surface area contributed by atoms with Crippen molar-refractivity contribution < 1.29 is 14.3 Å². The molecule has 110 valence electrons. The van der Waals surface area contributed by atoms with Crippen molar-refractivity contribution in [3.05, 3.63) is 23.8 Å². The van der Waals surface area contributed by atoms with E-state index in [1.165, 1.54) is 7.11 Å². The van der Waals surface area contributed by atoms with Crippen molar-refractivity contribution >= 4 is 11.6 Å². The van der Waals surface area contributed by atoms with Gasteiger partial charge in [-0.05, 0) is 36.5 Å². The predicted molar refractivity (Wildman–Crippen MR) is 77.9 cm³/mol. The number of ether oxygens (including phenoxy) is 2. The Labute approximate surface area is 119 Å². The van der Waals surface area contributed by atoms with Crippen molar-refractivity contribution in [1.82, 2.24) is 5.32 Å². The van der Waals surface area contributed by atoms with Gasteiger partial charge in [0.15, 0.2) is 0 Å². The molecular formula is C15H22N2O3. The van der Waals surface area contributed by atoms with Crippen LogP contribution in [0.1, 0.15) is 30.1 Å². The number of nitrogens with two attached hydrogens (primary N) is 1. The molecule has 0 saturated carbocycles. The Kier molecular flexibility index (Phi) is 4.49. The zero-order valence-corrected chi connectivity index (χ0v) is 12.1. The number of anilines is 1. The van der Waals surface area contributed by atoms with Crippen LogP contribution in [0.2, 0.25) is 0 Å². The molecule has 0 bridgehead atoms. The fraction of sp³-hybridized carbons (Fsp3) is 0.533. The lowest BCUT2D eigenvalue weighted by Gasteiger charge is -2.33. The van der Waals surface area contributed by atoms with Gasteiger partial charge in [0.25, 0.3) is 5.91 Å². The van der Waals surface area contributed by atoms with Gasteiger partial charge in [0.05, 0.1) is 12.8 Å². The third-order valence-electron chi connectivity index (χ3n) is 3.87. The van der Waals surface area contributed by atoms with Gasteiger partial charge in [0.1, 0.15) is 5.75 Å². The largest absolute Gasteiger partial charge is 0.495 e. The van der Waals surface area contributed by atoms with E-state index in [1.54, 1.807) is 18.2 Å². The number of methoxy groups -OCH3 is 1. The summed E-state index contributed by atoms with van der Waals surface area (Å²) >= 11 is 0. The van der Waals surface area contributed by atoms with Crippen LogP contribution >= 0.6 is 0 Å². The van der Waals surface area contributed by atoms with Crippen LogP contribution < -0.4 is 15.8 Å². The number of nitrogens with one attached hydrogen (secondary N) is 1. The summed E-state index contributed by atoms with van der Waals surface area (Å²) in [5.41, 5.74) is 6.95. The van der Waals surface area contributed by atoms with Gasteiger partial charge in [0, 0.05) is 25.3 Å². The summed E-state index contributed by atoms with van der Waals surface area (Å²) in [4.78, 5) is 12.2. The monoisotopic (exact) mass is 278 g/mol. The topological polar surface area (TPSA) is 73.6 Å². The zero-order chi connectivity index (χ0) is 14.6. The third-order valence-corrected chi connectivity index (χ3v) is 3.87. The number of hydrogen-bond donors (Lipinski definition) is 2. The van der Waals surface area contributed by atoms with Gasteiger partial charge in [-0.3, -0.25) is 4.79 Å². The zero-order valence-electron chi connectivity index (χ0n) is 12.1. The van der Waals surface area contributed by atoms with Gasteiger partial charge in [-0.25, -0.2) is 0 Å². The smallest absolute Gasteiger partial charge is 0.251 e. The first kappa shape index (κ1) is 14.7. The van der Waals surface area contributed by atoms with E-state index in [2.05, 4.69) is 12.2 Å². The molecule has 1 amide bonds. The Bertz CT molecular complexity index is 482. The number of benzene rings is 1. The normalized spacial score (nSPS) is 17.5. The average Bonchev–Trinajstić information content (AvgIpc) is 2.46. The summed E-state index contributed by atoms with van der Waals surface area (Å²) in [6.45, 7) is 4.37. The Morgan fingerprint density at radius 3 is 2.80 bits per heavy atom. The summed E-state index contributed by atoms with van der Waals surface area (Å²) in [5.74, 6) is 0.422. The summed E-state index contributed by atoms with van der Waals surface area (Å²) in [6, 6.07) is 5.06. The molecule has 0 spiro atoms. The predicted octanol–water partition coefficient (Wildman–Crippen LogP) is 1.82. The van der Waals surface area contributed by atoms with E-state index in [0.717, 1.165) is 26.1 Å². The minimum absolute atomic E-state index is 0.101. The Morgan fingerprint density at radius 2 is 2.15 bits per heavy atom. The average molecular weight is 278 g/mol. The molecule has 1 saturated heterocycles. The van der Waals surface area contributed by atoms with Crippen LogP contribution in [0.25, 0.3) is 0 Å². The molecule has 0 unspecified atom stereocenters. The number of hydrogen-bond acceptors (Lipinski definition) is 4. The highest BCUT2D eigenvalue weighted by Crippen LogP contribution is 2.29. The standard InChI is InChI=1S/C15H22N2O3/c1-15(5-7-20-8-6-15)10-17-14(18)11-3-4-12(16)13(9-11)19-2/h3-4,9H,5-8,10,16H2,1-2H3,(H,17,18). The number of nitrogen functional groups attached to an aromatic ring is 1. The SMILES string of the molecule is COc1cc(C(=O)NCC2(C)CCOCC2)ccc1N. The minimum Gasteiger partial charge on any atom is -0.495 e. The van der Waals surface area contributed by atoms with Crippen LogP contribution in [-0.2, 0) is 4.74 Å². The Hall–Kier alpha value is -1.75. The molecule has 1 heterocycles. The molecule has 20 heavy (non-hydrogen) atoms. The summed E-state index contributed by atoms with van der Waals surface area (Å²) < 4.78 is 10.5. The molecule has 5 heteroatoms. The van der Waals surface area contributed by atoms with Crippen LogP contribution in [0.5, 0.6) is 5.75 Å². The first-order valence-electron chi connectivity index (χ1n) is 6.83. The molecule has 1 fully saturated rings. The van der Waals surface area contributed by atoms with Gasteiger partial charge in [-0.15, -0.1) is 0 Å². The van der Waals surface area contributed by atoms with Crippen LogP contribution in [-0.4, -0.2) is 32.8 Å². The molecular weight excluding hydrogens is 256 g/mol. The quantitative estimate of drug-likeness (QED) is 0.824. The lowest BCUT2D eigenvalue weighted by Crippen LogP contribution is -2.39. The lowest BCUT2D eigenvalue weighted by atomic mass is 9.82. The molecule has 1 aliphatic heterocycles. The minimum atomic E-state index is -0.101. The third kappa shape index (κ3) is 3.42. The van der Waals surface area contributed by atoms with Crippen molar-refractivity contribution in [1.29, 1.82) is 0 Å². The van der Waals surface area contributed by atoms with Gasteiger partial charge >= 0.3 is 0 Å². The van der Waals surface area contributed by atoms with E-state index in [4.69, 9.17) is 15.2 Å². The van der Waals surface area contributed by atoms with Crippen molar-refractivity contribution in [3.63, 3.8) is 0 Å². The van der Waals surface area contributed by atoms with Crippen molar-refractivity contribution in [2.45, 2.75) is 19.8 Å². The first-order chi connectivity index (χ1) is 9.54. The van der Waals surface area contributed by atoms with E-state index >= 15 is 0 Å². The molecule has 0 aromatic heterocycles. The van der Waals surface area contributed by atoms with Crippen molar-refractivity contribution in [2.75, 3.05) is 32.6 Å². The molecule has 0 atom stereocenters. The second-order valence-corrected chi connectivity index (χ2v) is 5.56. The number of carbonyl (C=O) groups is 1. The highest BCUT2D eigenvalue weighted by atomic mass is 16.5. The fourth-order valence-electron chi connectivity index (χ4n) is 2.29. The second kappa shape index (κ2) is 6.13. The number of amides is 1. The van der Waals surface area contributed by atoms with Crippen LogP contribution in [0.3, 0.4) is 0 Å². The first-order valence-corrected chi connectivity index (χ1v) is 6.83. The maximum Gasteiger partial charge on any atom is 0.251 e. The van der Waals surface area contributed by atoms with E-state index in [-0.39, 0.29) is 11.3 Å². The Morgan fingerprint density at radius 1 is 1.45 bits per heavy atom. The Balaban J connectivity index is 1.98. The maximum atomic E-state index is 12.2. The molecule has 3 N–H and O–H groups in total. The molecule has 2 rings (SSSR count). The van der Waals surface area contributed by atoms with Crippen molar-refractivity contribution in [2.24, 2.45) is 5.41 Å². The van der Waals surface area contributed by atoms with E-state index < -0.39 is 0 Å². The fourth-order valence-corrected chi connectivity index (χ4v) is 2.29. The number of rotatable bonds is 4. The van der Waals surface area contributed by atoms with E-state index in [9.17, 15) is 4.79 Å². The van der Waals surface area contributed by atoms with Gasteiger partial charge in [-0.2, -0.15) is 0 Å². The highest BCUT2D eigenvalue weighted by molar-refractivity contribution is 5.95. The molecule has 1 aromatic rings. The van der Waals surface area contributed by atoms with E-state index in [1.807, 2.05) is 0 Å². The maximum absolute atomic E-state index is 12.2. The molecule has 0 aliphatic carbocycles. The van der Waals surface area contributed by atoms with Crippen molar-refractivity contribution in [3.8, 4) is 5.75 Å². The molecule has 1 aliphatic rings. The highest BCUT2D eigenvalue weighted by Gasteiger charge is 2.27. The molecule has 5 nitrogen and oxygen atoms in total. The van der Waals surface area contributed by atoms with Gasteiger partial charge in [0.2, 0.25) is 0 Å².